The van der Waals surface area contributed by atoms with Gasteiger partial charge in [-0.15, -0.1) is 0 Å². The van der Waals surface area contributed by atoms with Crippen LogP contribution >= 0.6 is 0 Å². The molecule has 0 aliphatic heterocycles. The predicted molar refractivity (Wildman–Crippen MR) is 146 cm³/mol. The number of rotatable bonds is 4. The van der Waals surface area contributed by atoms with Gasteiger partial charge in [-0.25, -0.2) is 0 Å². The number of carbonyl (C=O) groups is 1. The summed E-state index contributed by atoms with van der Waals surface area (Å²) in [5.41, 5.74) is 4.24. The van der Waals surface area contributed by atoms with E-state index in [0.717, 1.165) is 41.9 Å². The van der Waals surface area contributed by atoms with E-state index < -0.39 is 16.6 Å². The van der Waals surface area contributed by atoms with E-state index in [1.165, 1.54) is 11.1 Å². The second kappa shape index (κ2) is 7.82. The van der Waals surface area contributed by atoms with Crippen LogP contribution < -0.4 is 8.85 Å². The average molecular weight is 495 g/mol. The summed E-state index contributed by atoms with van der Waals surface area (Å²) in [5.74, 6) is 2.08. The van der Waals surface area contributed by atoms with Crippen molar-refractivity contribution < 1.29 is 13.6 Å². The SMILES string of the molecule is CC(C)(C)[Si](C)(C)Oc1ccc2c(c1)CC1(C2)Cc2ccc(O[Si](C)(C)C(C)(C)C)cc2C1=O. The molecule has 0 saturated heterocycles. The molecule has 0 saturated carbocycles. The fourth-order valence-corrected chi connectivity index (χ4v) is 6.74. The third-order valence-corrected chi connectivity index (χ3v) is 17.6. The molecule has 34 heavy (non-hydrogen) atoms. The van der Waals surface area contributed by atoms with Gasteiger partial charge in [-0.2, -0.15) is 0 Å². The van der Waals surface area contributed by atoms with Crippen LogP contribution in [0.15, 0.2) is 36.4 Å². The highest BCUT2D eigenvalue weighted by Crippen LogP contribution is 2.49. The van der Waals surface area contributed by atoms with Crippen LogP contribution in [-0.4, -0.2) is 22.4 Å². The van der Waals surface area contributed by atoms with Crippen molar-refractivity contribution in [1.29, 1.82) is 0 Å². The Balaban J connectivity index is 1.56. The molecule has 5 heteroatoms. The van der Waals surface area contributed by atoms with Gasteiger partial charge in [0.05, 0.1) is 0 Å². The third kappa shape index (κ3) is 4.30. The van der Waals surface area contributed by atoms with Gasteiger partial charge in [0.15, 0.2) is 5.78 Å². The Morgan fingerprint density at radius 2 is 1.12 bits per heavy atom. The van der Waals surface area contributed by atoms with E-state index in [9.17, 15) is 4.79 Å². The van der Waals surface area contributed by atoms with Crippen LogP contribution in [0.4, 0.5) is 0 Å². The number of Topliss-reactive ketones (excluding diaryl/α,β-unsaturated/α-hetero) is 1. The molecule has 0 amide bonds. The topological polar surface area (TPSA) is 35.5 Å². The van der Waals surface area contributed by atoms with Gasteiger partial charge in [0.25, 0.3) is 0 Å². The van der Waals surface area contributed by atoms with Crippen molar-refractivity contribution in [3.05, 3.63) is 58.7 Å². The zero-order chi connectivity index (χ0) is 25.3. The quantitative estimate of drug-likeness (QED) is 0.404. The van der Waals surface area contributed by atoms with Crippen molar-refractivity contribution >= 4 is 22.4 Å². The van der Waals surface area contributed by atoms with E-state index in [1.807, 2.05) is 6.07 Å². The molecule has 4 rings (SSSR count). The van der Waals surface area contributed by atoms with E-state index >= 15 is 0 Å². The standard InChI is InChI=1S/C29H42O3Si2/c1-27(2,3)33(7,8)31-23-13-11-20-17-29(19-22(20)15-23)18-21-12-14-24(16-25(21)26(29)30)32-34(9,10)28(4,5)6/h11-16H,17-19H2,1-10H3. The van der Waals surface area contributed by atoms with E-state index in [-0.39, 0.29) is 21.3 Å². The molecule has 184 valence electrons. The van der Waals surface area contributed by atoms with Crippen molar-refractivity contribution in [3.8, 4) is 11.5 Å². The monoisotopic (exact) mass is 494 g/mol. The maximum atomic E-state index is 13.8. The van der Waals surface area contributed by atoms with Crippen LogP contribution in [0.5, 0.6) is 11.5 Å². The van der Waals surface area contributed by atoms with Crippen LogP contribution in [0.3, 0.4) is 0 Å². The number of hydrogen-bond donors (Lipinski definition) is 0. The summed E-state index contributed by atoms with van der Waals surface area (Å²) in [6.07, 6.45) is 2.42. The smallest absolute Gasteiger partial charge is 0.250 e. The molecule has 0 heterocycles. The summed E-state index contributed by atoms with van der Waals surface area (Å²) in [4.78, 5) is 13.8. The molecule has 2 aromatic carbocycles. The molecule has 1 spiro atoms. The maximum absolute atomic E-state index is 13.8. The van der Waals surface area contributed by atoms with E-state index in [1.54, 1.807) is 0 Å². The lowest BCUT2D eigenvalue weighted by atomic mass is 9.81. The lowest BCUT2D eigenvalue weighted by molar-refractivity contribution is 0.0831. The molecule has 2 aliphatic rings. The molecule has 0 N–H and O–H groups in total. The van der Waals surface area contributed by atoms with Crippen molar-refractivity contribution in [3.63, 3.8) is 0 Å². The zero-order valence-electron chi connectivity index (χ0n) is 22.8. The minimum atomic E-state index is -1.95. The first-order valence-electron chi connectivity index (χ1n) is 12.6. The summed E-state index contributed by atoms with van der Waals surface area (Å²) in [5, 5.41) is 0.273. The highest BCUT2D eigenvalue weighted by Gasteiger charge is 2.49. The molecule has 1 atom stereocenters. The van der Waals surface area contributed by atoms with Gasteiger partial charge in [-0.3, -0.25) is 4.79 Å². The third-order valence-electron chi connectivity index (χ3n) is 8.93. The largest absolute Gasteiger partial charge is 0.543 e. The molecule has 1 unspecified atom stereocenters. The number of fused-ring (bicyclic) bond motifs is 2. The number of benzene rings is 2. The first-order valence-corrected chi connectivity index (χ1v) is 18.4. The summed E-state index contributed by atoms with van der Waals surface area (Å²) in [6, 6.07) is 12.7. The van der Waals surface area contributed by atoms with Crippen LogP contribution in [0.2, 0.25) is 36.3 Å². The molecule has 0 aromatic heterocycles. The van der Waals surface area contributed by atoms with Gasteiger partial charge >= 0.3 is 0 Å². The number of hydrogen-bond acceptors (Lipinski definition) is 3. The fraction of sp³-hybridized carbons (Fsp3) is 0.552. The first-order chi connectivity index (χ1) is 15.4. The molecular formula is C29H42O3Si2. The lowest BCUT2D eigenvalue weighted by Crippen LogP contribution is -2.43. The van der Waals surface area contributed by atoms with Crippen molar-refractivity contribution in [1.82, 2.24) is 0 Å². The normalized spacial score (nSPS) is 20.5. The molecular weight excluding hydrogens is 452 g/mol. The fourth-order valence-electron chi connectivity index (χ4n) is 4.69. The van der Waals surface area contributed by atoms with Gasteiger partial charge < -0.3 is 8.85 Å². The zero-order valence-corrected chi connectivity index (χ0v) is 24.8. The number of ketones is 1. The molecule has 0 radical (unpaired) electrons. The summed E-state index contributed by atoms with van der Waals surface area (Å²) in [6.45, 7) is 22.6. The molecule has 0 fully saturated rings. The summed E-state index contributed by atoms with van der Waals surface area (Å²) < 4.78 is 13.1. The second-order valence-electron chi connectivity index (χ2n) is 13.6. The van der Waals surface area contributed by atoms with E-state index in [4.69, 9.17) is 8.85 Å². The van der Waals surface area contributed by atoms with Crippen molar-refractivity contribution in [2.45, 2.75) is 97.1 Å². The van der Waals surface area contributed by atoms with E-state index in [0.29, 0.717) is 0 Å². The van der Waals surface area contributed by atoms with Crippen LogP contribution in [-0.2, 0) is 19.3 Å². The Bertz CT molecular complexity index is 1130. The number of carbonyl (C=O) groups excluding carboxylic acids is 1. The van der Waals surface area contributed by atoms with Gasteiger partial charge in [-0.05, 0) is 96.5 Å². The molecule has 2 aromatic rings. The first kappa shape index (κ1) is 25.2. The lowest BCUT2D eigenvalue weighted by Gasteiger charge is -2.36. The highest BCUT2D eigenvalue weighted by atomic mass is 28.4. The predicted octanol–water partition coefficient (Wildman–Crippen LogP) is 7.98. The Kier molecular flexibility index (Phi) is 5.81. The molecule has 0 bridgehead atoms. The van der Waals surface area contributed by atoms with Gasteiger partial charge in [0.2, 0.25) is 16.6 Å². The van der Waals surface area contributed by atoms with Gasteiger partial charge in [-0.1, -0.05) is 53.7 Å². The van der Waals surface area contributed by atoms with Gasteiger partial charge in [0, 0.05) is 11.0 Å². The van der Waals surface area contributed by atoms with Crippen molar-refractivity contribution in [2.24, 2.45) is 5.41 Å². The maximum Gasteiger partial charge on any atom is 0.250 e. The molecule has 2 aliphatic carbocycles. The Hall–Kier alpha value is -1.86. The minimum absolute atomic E-state index is 0.120. The Labute approximate surface area is 208 Å². The van der Waals surface area contributed by atoms with E-state index in [2.05, 4.69) is 98.1 Å². The minimum Gasteiger partial charge on any atom is -0.543 e. The Morgan fingerprint density at radius 3 is 1.65 bits per heavy atom. The van der Waals surface area contributed by atoms with Crippen molar-refractivity contribution in [2.75, 3.05) is 0 Å². The van der Waals surface area contributed by atoms with Crippen LogP contribution in [0.25, 0.3) is 0 Å². The average Bonchev–Trinajstić information content (AvgIpc) is 3.16. The van der Waals surface area contributed by atoms with Crippen LogP contribution in [0, 0.1) is 5.41 Å². The summed E-state index contributed by atoms with van der Waals surface area (Å²) >= 11 is 0. The van der Waals surface area contributed by atoms with Crippen LogP contribution in [0.1, 0.15) is 68.6 Å². The van der Waals surface area contributed by atoms with Gasteiger partial charge in [0.1, 0.15) is 11.5 Å². The Morgan fingerprint density at radius 1 is 0.676 bits per heavy atom. The highest BCUT2D eigenvalue weighted by molar-refractivity contribution is 6.75. The summed E-state index contributed by atoms with van der Waals surface area (Å²) in [7, 11) is -3.85. The molecule has 3 nitrogen and oxygen atoms in total. The second-order valence-corrected chi connectivity index (χ2v) is 23.1.